The van der Waals surface area contributed by atoms with Crippen LogP contribution in [0.25, 0.3) is 0 Å². The molecule has 3 nitrogen and oxygen atoms in total. The van der Waals surface area contributed by atoms with Gasteiger partial charge in [0.1, 0.15) is 0 Å². The second-order valence-electron chi connectivity index (χ2n) is 2.70. The molecule has 0 fully saturated rings. The second-order valence-corrected chi connectivity index (χ2v) is 2.70. The van der Waals surface area contributed by atoms with E-state index in [4.69, 9.17) is 9.84 Å². The van der Waals surface area contributed by atoms with Crippen molar-refractivity contribution in [2.75, 3.05) is 0 Å². The van der Waals surface area contributed by atoms with Crippen molar-refractivity contribution in [2.24, 2.45) is 0 Å². The highest BCUT2D eigenvalue weighted by Gasteiger charge is 2.16. The molecule has 0 aromatic rings. The molecule has 0 aliphatic heterocycles. The molecule has 0 aliphatic rings. The third-order valence-corrected chi connectivity index (χ3v) is 1.55. The first-order valence-electron chi connectivity index (χ1n) is 4.11. The molecule has 3 heteroatoms. The van der Waals surface area contributed by atoms with E-state index in [-0.39, 0.29) is 12.5 Å². The van der Waals surface area contributed by atoms with Crippen LogP contribution < -0.4 is 0 Å². The molecule has 70 valence electrons. The summed E-state index contributed by atoms with van der Waals surface area (Å²) in [6, 6.07) is 0. The normalized spacial score (nSPS) is 14.9. The monoisotopic (exact) mass is 172 g/mol. The summed E-state index contributed by atoms with van der Waals surface area (Å²) in [5, 5.41) is 9.12. The van der Waals surface area contributed by atoms with Crippen molar-refractivity contribution in [2.45, 2.75) is 38.9 Å². The van der Waals surface area contributed by atoms with Crippen LogP contribution in [0.2, 0.25) is 0 Å². The largest absolute Gasteiger partial charge is 0.461 e. The summed E-state index contributed by atoms with van der Waals surface area (Å²) in [5.74, 6) is -0.566. The standard InChI is InChI=1S/C9H16O3/c1-4-6-8(10)9(11)12-7(3)5-2/h4,7-8,10H,1,5-6H2,2-3H3. The number of hydrogen-bond donors (Lipinski definition) is 1. The maximum Gasteiger partial charge on any atom is 0.335 e. The fourth-order valence-corrected chi connectivity index (χ4v) is 0.614. The van der Waals surface area contributed by atoms with Crippen LogP contribution in [0, 0.1) is 0 Å². The van der Waals surface area contributed by atoms with E-state index in [9.17, 15) is 4.79 Å². The van der Waals surface area contributed by atoms with Crippen LogP contribution in [0.4, 0.5) is 0 Å². The molecule has 0 aliphatic carbocycles. The maximum atomic E-state index is 11.0. The molecular formula is C9H16O3. The SMILES string of the molecule is C=CCC(O)C(=O)OC(C)CC. The van der Waals surface area contributed by atoms with Gasteiger partial charge >= 0.3 is 5.97 Å². The summed E-state index contributed by atoms with van der Waals surface area (Å²) in [6.45, 7) is 7.12. The molecule has 0 saturated heterocycles. The molecule has 0 aromatic heterocycles. The number of aliphatic hydroxyl groups is 1. The Morgan fingerprint density at radius 1 is 1.75 bits per heavy atom. The number of hydrogen-bond acceptors (Lipinski definition) is 3. The predicted molar refractivity (Wildman–Crippen MR) is 46.7 cm³/mol. The van der Waals surface area contributed by atoms with Gasteiger partial charge in [0.2, 0.25) is 0 Å². The zero-order valence-corrected chi connectivity index (χ0v) is 7.62. The minimum atomic E-state index is -1.06. The third kappa shape index (κ3) is 4.13. The van der Waals surface area contributed by atoms with Crippen LogP contribution in [0.1, 0.15) is 26.7 Å². The fraction of sp³-hybridized carbons (Fsp3) is 0.667. The van der Waals surface area contributed by atoms with E-state index < -0.39 is 12.1 Å². The molecule has 0 bridgehead atoms. The van der Waals surface area contributed by atoms with E-state index in [1.165, 1.54) is 6.08 Å². The zero-order chi connectivity index (χ0) is 9.56. The van der Waals surface area contributed by atoms with Gasteiger partial charge in [-0.1, -0.05) is 13.0 Å². The van der Waals surface area contributed by atoms with Crippen LogP contribution in [0.15, 0.2) is 12.7 Å². The minimum Gasteiger partial charge on any atom is -0.461 e. The number of carbonyl (C=O) groups is 1. The number of carbonyl (C=O) groups excluding carboxylic acids is 1. The number of ether oxygens (including phenoxy) is 1. The van der Waals surface area contributed by atoms with Gasteiger partial charge in [0.15, 0.2) is 6.10 Å². The summed E-state index contributed by atoms with van der Waals surface area (Å²) in [4.78, 5) is 11.0. The molecule has 0 rings (SSSR count). The molecule has 0 heterocycles. The predicted octanol–water partition coefficient (Wildman–Crippen LogP) is 1.27. The Morgan fingerprint density at radius 3 is 2.75 bits per heavy atom. The molecule has 0 spiro atoms. The lowest BCUT2D eigenvalue weighted by atomic mass is 10.2. The first kappa shape index (κ1) is 11.2. The van der Waals surface area contributed by atoms with Gasteiger partial charge in [-0.25, -0.2) is 4.79 Å². The highest BCUT2D eigenvalue weighted by atomic mass is 16.6. The molecule has 2 atom stereocenters. The average Bonchev–Trinajstić information content (AvgIpc) is 2.04. The van der Waals surface area contributed by atoms with Gasteiger partial charge < -0.3 is 9.84 Å². The summed E-state index contributed by atoms with van der Waals surface area (Å²) in [7, 11) is 0. The molecule has 1 N–H and O–H groups in total. The van der Waals surface area contributed by atoms with Crippen LogP contribution in [-0.4, -0.2) is 23.3 Å². The molecule has 12 heavy (non-hydrogen) atoms. The molecular weight excluding hydrogens is 156 g/mol. The Bertz CT molecular complexity index is 154. The van der Waals surface area contributed by atoms with Crippen molar-refractivity contribution in [1.82, 2.24) is 0 Å². The highest BCUT2D eigenvalue weighted by molar-refractivity contribution is 5.74. The quantitative estimate of drug-likeness (QED) is 0.501. The van der Waals surface area contributed by atoms with Gasteiger partial charge in [-0.15, -0.1) is 6.58 Å². The average molecular weight is 172 g/mol. The van der Waals surface area contributed by atoms with Gasteiger partial charge in [-0.05, 0) is 13.3 Å². The van der Waals surface area contributed by atoms with Gasteiger partial charge in [0.25, 0.3) is 0 Å². The third-order valence-electron chi connectivity index (χ3n) is 1.55. The van der Waals surface area contributed by atoms with Crippen molar-refractivity contribution >= 4 is 5.97 Å². The molecule has 0 amide bonds. The van der Waals surface area contributed by atoms with Crippen LogP contribution >= 0.6 is 0 Å². The Morgan fingerprint density at radius 2 is 2.33 bits per heavy atom. The summed E-state index contributed by atoms with van der Waals surface area (Å²) < 4.78 is 4.88. The van der Waals surface area contributed by atoms with E-state index in [0.29, 0.717) is 0 Å². The summed E-state index contributed by atoms with van der Waals surface area (Å²) in [5.41, 5.74) is 0. The summed E-state index contributed by atoms with van der Waals surface area (Å²) in [6.07, 6.45) is 1.30. The molecule has 0 aromatic carbocycles. The van der Waals surface area contributed by atoms with E-state index in [2.05, 4.69) is 6.58 Å². The van der Waals surface area contributed by atoms with Crippen molar-refractivity contribution in [3.63, 3.8) is 0 Å². The first-order valence-corrected chi connectivity index (χ1v) is 4.11. The highest BCUT2D eigenvalue weighted by Crippen LogP contribution is 2.01. The lowest BCUT2D eigenvalue weighted by molar-refractivity contribution is -0.158. The van der Waals surface area contributed by atoms with Crippen LogP contribution in [-0.2, 0) is 9.53 Å². The molecule has 0 saturated carbocycles. The lowest BCUT2D eigenvalue weighted by Crippen LogP contribution is -2.25. The Balaban J connectivity index is 3.77. The molecule has 0 radical (unpaired) electrons. The number of aliphatic hydroxyl groups excluding tert-OH is 1. The maximum absolute atomic E-state index is 11.0. The van der Waals surface area contributed by atoms with Crippen molar-refractivity contribution < 1.29 is 14.6 Å². The van der Waals surface area contributed by atoms with E-state index in [1.54, 1.807) is 6.92 Å². The van der Waals surface area contributed by atoms with Crippen LogP contribution in [0.3, 0.4) is 0 Å². The van der Waals surface area contributed by atoms with Crippen LogP contribution in [0.5, 0.6) is 0 Å². The van der Waals surface area contributed by atoms with Gasteiger partial charge in [0.05, 0.1) is 6.10 Å². The van der Waals surface area contributed by atoms with Crippen molar-refractivity contribution in [1.29, 1.82) is 0 Å². The smallest absolute Gasteiger partial charge is 0.335 e. The Labute approximate surface area is 73.0 Å². The number of rotatable bonds is 5. The fourth-order valence-electron chi connectivity index (χ4n) is 0.614. The first-order chi connectivity index (χ1) is 5.61. The number of esters is 1. The minimum absolute atomic E-state index is 0.128. The zero-order valence-electron chi connectivity index (χ0n) is 7.62. The van der Waals surface area contributed by atoms with E-state index >= 15 is 0 Å². The van der Waals surface area contributed by atoms with E-state index in [0.717, 1.165) is 6.42 Å². The van der Waals surface area contributed by atoms with Crippen molar-refractivity contribution in [3.05, 3.63) is 12.7 Å². The molecule has 2 unspecified atom stereocenters. The Kier molecular flexibility index (Phi) is 5.37. The lowest BCUT2D eigenvalue weighted by Gasteiger charge is -2.13. The van der Waals surface area contributed by atoms with Gasteiger partial charge in [-0.3, -0.25) is 0 Å². The summed E-state index contributed by atoms with van der Waals surface area (Å²) >= 11 is 0. The Hall–Kier alpha value is -0.830. The van der Waals surface area contributed by atoms with Gasteiger partial charge in [0, 0.05) is 6.42 Å². The van der Waals surface area contributed by atoms with Crippen molar-refractivity contribution in [3.8, 4) is 0 Å². The second kappa shape index (κ2) is 5.77. The topological polar surface area (TPSA) is 46.5 Å². The van der Waals surface area contributed by atoms with E-state index in [1.807, 2.05) is 6.92 Å². The van der Waals surface area contributed by atoms with Gasteiger partial charge in [-0.2, -0.15) is 0 Å².